The van der Waals surface area contributed by atoms with Gasteiger partial charge in [-0.15, -0.1) is 5.10 Å². The molecule has 0 radical (unpaired) electrons. The molecule has 1 unspecified atom stereocenters. The Balaban J connectivity index is 1.39. The first-order valence-corrected chi connectivity index (χ1v) is 11.0. The summed E-state index contributed by atoms with van der Waals surface area (Å²) in [6.07, 6.45) is 2.98. The van der Waals surface area contributed by atoms with Crippen molar-refractivity contribution in [1.82, 2.24) is 5.32 Å². The Bertz CT molecular complexity index is 1070. The fraction of sp³-hybridized carbons (Fsp3) is 0.273. The van der Waals surface area contributed by atoms with E-state index in [9.17, 15) is 9.59 Å². The normalized spacial score (nSPS) is 20.9. The van der Waals surface area contributed by atoms with Crippen LogP contribution in [-0.4, -0.2) is 27.9 Å². The van der Waals surface area contributed by atoms with E-state index in [0.717, 1.165) is 36.1 Å². The predicted molar refractivity (Wildman–Crippen MR) is 122 cm³/mol. The number of amidine groups is 1. The van der Waals surface area contributed by atoms with Crippen molar-refractivity contribution in [2.75, 3.05) is 5.32 Å². The fourth-order valence-corrected chi connectivity index (χ4v) is 4.55. The van der Waals surface area contributed by atoms with Crippen LogP contribution in [0, 0.1) is 6.92 Å². The molecule has 1 fully saturated rings. The molecule has 1 saturated heterocycles. The zero-order valence-electron chi connectivity index (χ0n) is 16.4. The minimum Gasteiger partial charge on any atom is -0.326 e. The number of rotatable bonds is 4. The minimum absolute atomic E-state index is 0.0421. The van der Waals surface area contributed by atoms with Gasteiger partial charge in [0, 0.05) is 22.7 Å². The standard InChI is InChI=1S/C22H21ClN4O2S/c1-13-9-10-15(11-17(13)23)24-20(28)12-19-21(29)25-22(30-19)27-26-18-8-4-6-14-5-2-3-7-16(14)18/h2-3,5,7,9-11,19H,4,6,8,12H2,1H3,(H,24,28)(H,25,27,29). The maximum atomic E-state index is 12.3. The Morgan fingerprint density at radius 3 is 2.90 bits per heavy atom. The molecule has 1 aliphatic carbocycles. The first kappa shape index (κ1) is 20.6. The van der Waals surface area contributed by atoms with E-state index in [-0.39, 0.29) is 18.2 Å². The topological polar surface area (TPSA) is 82.9 Å². The minimum atomic E-state index is -0.538. The number of carbonyl (C=O) groups is 2. The maximum absolute atomic E-state index is 12.3. The molecule has 30 heavy (non-hydrogen) atoms. The van der Waals surface area contributed by atoms with Gasteiger partial charge in [0.1, 0.15) is 5.25 Å². The van der Waals surface area contributed by atoms with E-state index < -0.39 is 5.25 Å². The molecule has 0 saturated carbocycles. The van der Waals surface area contributed by atoms with Crippen molar-refractivity contribution in [3.63, 3.8) is 0 Å². The molecule has 154 valence electrons. The van der Waals surface area contributed by atoms with Crippen LogP contribution in [-0.2, 0) is 16.0 Å². The van der Waals surface area contributed by atoms with Crippen LogP contribution in [0.4, 0.5) is 5.69 Å². The van der Waals surface area contributed by atoms with Crippen molar-refractivity contribution in [3.8, 4) is 0 Å². The highest BCUT2D eigenvalue weighted by molar-refractivity contribution is 8.15. The highest BCUT2D eigenvalue weighted by Gasteiger charge is 2.32. The smallest absolute Gasteiger partial charge is 0.240 e. The number of halogens is 1. The van der Waals surface area contributed by atoms with E-state index >= 15 is 0 Å². The highest BCUT2D eigenvalue weighted by atomic mass is 35.5. The van der Waals surface area contributed by atoms with E-state index in [2.05, 4.69) is 33.0 Å². The number of hydrogen-bond donors (Lipinski definition) is 2. The molecule has 1 heterocycles. The number of hydrogen-bond acceptors (Lipinski definition) is 5. The number of amides is 2. The van der Waals surface area contributed by atoms with Crippen molar-refractivity contribution in [2.45, 2.75) is 37.9 Å². The number of thioether (sulfide) groups is 1. The van der Waals surface area contributed by atoms with Gasteiger partial charge in [-0.2, -0.15) is 5.10 Å². The number of nitrogens with zero attached hydrogens (tertiary/aromatic N) is 2. The Labute approximate surface area is 184 Å². The molecule has 2 aromatic carbocycles. The molecule has 2 aliphatic rings. The quantitative estimate of drug-likeness (QED) is 0.695. The Kier molecular flexibility index (Phi) is 6.20. The Hall–Kier alpha value is -2.64. The lowest BCUT2D eigenvalue weighted by Gasteiger charge is -2.16. The zero-order chi connectivity index (χ0) is 21.1. The van der Waals surface area contributed by atoms with Crippen molar-refractivity contribution in [2.24, 2.45) is 10.2 Å². The third kappa shape index (κ3) is 4.74. The van der Waals surface area contributed by atoms with E-state index in [1.807, 2.05) is 25.1 Å². The second-order valence-corrected chi connectivity index (χ2v) is 8.87. The molecular weight excluding hydrogens is 420 g/mol. The van der Waals surface area contributed by atoms with Crippen LogP contribution in [0.15, 0.2) is 52.7 Å². The fourth-order valence-electron chi connectivity index (χ4n) is 3.45. The molecule has 2 aromatic rings. The number of anilines is 1. The summed E-state index contributed by atoms with van der Waals surface area (Å²) in [6.45, 7) is 1.89. The third-order valence-electron chi connectivity index (χ3n) is 5.05. The van der Waals surface area contributed by atoms with Gasteiger partial charge in [0.15, 0.2) is 5.17 Å². The Morgan fingerprint density at radius 2 is 2.07 bits per heavy atom. The molecule has 6 nitrogen and oxygen atoms in total. The number of nitrogens with one attached hydrogen (secondary N) is 2. The summed E-state index contributed by atoms with van der Waals surface area (Å²) in [5.41, 5.74) is 4.86. The van der Waals surface area contributed by atoms with Crippen molar-refractivity contribution >= 4 is 51.7 Å². The van der Waals surface area contributed by atoms with E-state index in [4.69, 9.17) is 11.6 Å². The molecule has 2 N–H and O–H groups in total. The molecule has 1 aliphatic heterocycles. The lowest BCUT2D eigenvalue weighted by Crippen LogP contribution is -2.28. The van der Waals surface area contributed by atoms with Gasteiger partial charge in [-0.05, 0) is 49.4 Å². The van der Waals surface area contributed by atoms with Crippen LogP contribution in [0.3, 0.4) is 0 Å². The van der Waals surface area contributed by atoms with Crippen LogP contribution in [0.2, 0.25) is 5.02 Å². The number of carbonyl (C=O) groups excluding carboxylic acids is 2. The molecule has 8 heteroatoms. The SMILES string of the molecule is Cc1ccc(NC(=O)CC2S/C(=N\N=C3CCCc4ccccc43)NC2=O)cc1Cl. The molecule has 0 bridgehead atoms. The van der Waals surface area contributed by atoms with Gasteiger partial charge in [-0.3, -0.25) is 9.59 Å². The van der Waals surface area contributed by atoms with Gasteiger partial charge >= 0.3 is 0 Å². The van der Waals surface area contributed by atoms with E-state index in [1.165, 1.54) is 17.3 Å². The predicted octanol–water partition coefficient (Wildman–Crippen LogP) is 4.31. The van der Waals surface area contributed by atoms with Crippen LogP contribution >= 0.6 is 23.4 Å². The van der Waals surface area contributed by atoms with Crippen molar-refractivity contribution in [3.05, 3.63) is 64.2 Å². The lowest BCUT2D eigenvalue weighted by atomic mass is 9.90. The highest BCUT2D eigenvalue weighted by Crippen LogP contribution is 2.26. The first-order valence-electron chi connectivity index (χ1n) is 9.76. The summed E-state index contributed by atoms with van der Waals surface area (Å²) in [4.78, 5) is 24.6. The summed E-state index contributed by atoms with van der Waals surface area (Å²) in [6, 6.07) is 13.5. The van der Waals surface area contributed by atoms with Crippen LogP contribution in [0.1, 0.15) is 36.0 Å². The Morgan fingerprint density at radius 1 is 1.23 bits per heavy atom. The summed E-state index contributed by atoms with van der Waals surface area (Å²) >= 11 is 7.32. The van der Waals surface area contributed by atoms with Gasteiger partial charge in [-0.1, -0.05) is 53.7 Å². The van der Waals surface area contributed by atoms with Crippen molar-refractivity contribution in [1.29, 1.82) is 0 Å². The van der Waals surface area contributed by atoms with Gasteiger partial charge in [0.2, 0.25) is 11.8 Å². The van der Waals surface area contributed by atoms with Gasteiger partial charge in [0.25, 0.3) is 0 Å². The number of benzene rings is 2. The van der Waals surface area contributed by atoms with Gasteiger partial charge < -0.3 is 10.6 Å². The number of aryl methyl sites for hydroxylation is 2. The second kappa shape index (κ2) is 9.02. The first-order chi connectivity index (χ1) is 14.5. The van der Waals surface area contributed by atoms with Crippen LogP contribution in [0.5, 0.6) is 0 Å². The summed E-state index contributed by atoms with van der Waals surface area (Å²) in [7, 11) is 0. The van der Waals surface area contributed by atoms with Gasteiger partial charge in [0.05, 0.1) is 5.71 Å². The molecule has 2 amide bonds. The lowest BCUT2D eigenvalue weighted by molar-refractivity contribution is -0.122. The summed E-state index contributed by atoms with van der Waals surface area (Å²) < 4.78 is 0. The summed E-state index contributed by atoms with van der Waals surface area (Å²) in [5, 5.41) is 14.6. The van der Waals surface area contributed by atoms with Crippen LogP contribution < -0.4 is 10.6 Å². The number of fused-ring (bicyclic) bond motifs is 1. The monoisotopic (exact) mass is 440 g/mol. The van der Waals surface area contributed by atoms with E-state index in [0.29, 0.717) is 15.9 Å². The molecule has 0 spiro atoms. The average molecular weight is 441 g/mol. The largest absolute Gasteiger partial charge is 0.326 e. The van der Waals surface area contributed by atoms with Crippen LogP contribution in [0.25, 0.3) is 0 Å². The molecule has 1 atom stereocenters. The third-order valence-corrected chi connectivity index (χ3v) is 6.53. The van der Waals surface area contributed by atoms with Gasteiger partial charge in [-0.25, -0.2) is 0 Å². The maximum Gasteiger partial charge on any atom is 0.240 e. The summed E-state index contributed by atoms with van der Waals surface area (Å²) in [5.74, 6) is -0.489. The van der Waals surface area contributed by atoms with E-state index in [1.54, 1.807) is 12.1 Å². The second-order valence-electron chi connectivity index (χ2n) is 7.27. The molecule has 0 aromatic heterocycles. The molecule has 4 rings (SSSR count). The average Bonchev–Trinajstić information content (AvgIpc) is 3.08. The van der Waals surface area contributed by atoms with Crippen molar-refractivity contribution < 1.29 is 9.59 Å². The molecular formula is C22H21ClN4O2S. The zero-order valence-corrected chi connectivity index (χ0v) is 18.0.